The van der Waals surface area contributed by atoms with Crippen LogP contribution in [-0.4, -0.2) is 24.2 Å². The molecule has 0 bridgehead atoms. The average Bonchev–Trinajstić information content (AvgIpc) is 3.03. The minimum Gasteiger partial charge on any atom is -0.468 e. The number of fused-ring (bicyclic) bond motifs is 1. The average molecular weight is 314 g/mol. The molecule has 0 unspecified atom stereocenters. The van der Waals surface area contributed by atoms with Crippen LogP contribution in [0.4, 0.5) is 4.79 Å². The number of hydroxylamine groups is 2. The molecule has 1 aromatic heterocycles. The number of furan rings is 1. The standard InChI is InChI=1S/C18H22N2O3/c21-18(19-11-5-4-8-15-6-2-1-3-7-15)23-20-12-9-16-10-13-22-17(16)14-20/h1-3,6-7,10,13H,4-5,8-9,11-12,14H2,(H,19,21). The summed E-state index contributed by atoms with van der Waals surface area (Å²) in [5.41, 5.74) is 2.53. The highest BCUT2D eigenvalue weighted by atomic mass is 16.7. The first-order valence-electron chi connectivity index (χ1n) is 8.11. The molecule has 122 valence electrons. The summed E-state index contributed by atoms with van der Waals surface area (Å²) in [7, 11) is 0. The highest BCUT2D eigenvalue weighted by molar-refractivity contribution is 5.66. The summed E-state index contributed by atoms with van der Waals surface area (Å²) in [6.45, 7) is 1.85. The third kappa shape index (κ3) is 4.60. The zero-order valence-corrected chi connectivity index (χ0v) is 13.2. The summed E-state index contributed by atoms with van der Waals surface area (Å²) in [6, 6.07) is 12.3. The van der Waals surface area contributed by atoms with E-state index in [9.17, 15) is 4.79 Å². The third-order valence-electron chi connectivity index (χ3n) is 4.00. The number of nitrogens with one attached hydrogen (secondary N) is 1. The van der Waals surface area contributed by atoms with Crippen molar-refractivity contribution in [1.82, 2.24) is 10.4 Å². The maximum Gasteiger partial charge on any atom is 0.426 e. The molecule has 0 spiro atoms. The van der Waals surface area contributed by atoms with Gasteiger partial charge >= 0.3 is 6.09 Å². The number of aryl methyl sites for hydroxylation is 1. The van der Waals surface area contributed by atoms with E-state index in [0.717, 1.165) is 31.4 Å². The Morgan fingerprint density at radius 1 is 1.22 bits per heavy atom. The fourth-order valence-electron chi connectivity index (χ4n) is 2.73. The number of hydrogen-bond donors (Lipinski definition) is 1. The Balaban J connectivity index is 1.30. The maximum absolute atomic E-state index is 11.8. The van der Waals surface area contributed by atoms with Crippen molar-refractivity contribution in [3.05, 3.63) is 59.5 Å². The van der Waals surface area contributed by atoms with Gasteiger partial charge in [0.1, 0.15) is 5.76 Å². The molecule has 0 saturated carbocycles. The predicted octanol–water partition coefficient (Wildman–Crippen LogP) is 3.30. The van der Waals surface area contributed by atoms with E-state index in [4.69, 9.17) is 9.25 Å². The van der Waals surface area contributed by atoms with Crippen molar-refractivity contribution in [2.45, 2.75) is 32.2 Å². The fraction of sp³-hybridized carbons (Fsp3) is 0.389. The van der Waals surface area contributed by atoms with Gasteiger partial charge in [0.2, 0.25) is 0 Å². The Bertz CT molecular complexity index is 624. The van der Waals surface area contributed by atoms with E-state index in [2.05, 4.69) is 17.4 Å². The van der Waals surface area contributed by atoms with Crippen LogP contribution in [0.15, 0.2) is 47.1 Å². The Morgan fingerprint density at radius 2 is 2.09 bits per heavy atom. The molecule has 5 heteroatoms. The van der Waals surface area contributed by atoms with Gasteiger partial charge in [0.25, 0.3) is 0 Å². The van der Waals surface area contributed by atoms with Crippen molar-refractivity contribution >= 4 is 6.09 Å². The van der Waals surface area contributed by atoms with E-state index in [1.54, 1.807) is 11.3 Å². The van der Waals surface area contributed by atoms with Gasteiger partial charge in [0, 0.05) is 13.1 Å². The summed E-state index contributed by atoms with van der Waals surface area (Å²) >= 11 is 0. The van der Waals surface area contributed by atoms with Crippen molar-refractivity contribution in [3.8, 4) is 0 Å². The molecule has 1 aliphatic heterocycles. The van der Waals surface area contributed by atoms with Crippen LogP contribution < -0.4 is 5.32 Å². The van der Waals surface area contributed by atoms with Crippen LogP contribution in [-0.2, 0) is 24.2 Å². The van der Waals surface area contributed by atoms with E-state index in [-0.39, 0.29) is 6.09 Å². The normalized spacial score (nSPS) is 14.3. The van der Waals surface area contributed by atoms with Crippen LogP contribution in [0.2, 0.25) is 0 Å². The molecular formula is C18H22N2O3. The van der Waals surface area contributed by atoms with Gasteiger partial charge in [-0.15, -0.1) is 5.06 Å². The van der Waals surface area contributed by atoms with Gasteiger partial charge in [-0.3, -0.25) is 0 Å². The quantitative estimate of drug-likeness (QED) is 0.831. The molecule has 1 aromatic carbocycles. The first-order valence-corrected chi connectivity index (χ1v) is 8.11. The van der Waals surface area contributed by atoms with Crippen molar-refractivity contribution in [3.63, 3.8) is 0 Å². The third-order valence-corrected chi connectivity index (χ3v) is 4.00. The topological polar surface area (TPSA) is 54.7 Å². The minimum atomic E-state index is -0.389. The zero-order chi connectivity index (χ0) is 15.9. The molecule has 0 aliphatic carbocycles. The van der Waals surface area contributed by atoms with Crippen LogP contribution in [0.1, 0.15) is 29.7 Å². The van der Waals surface area contributed by atoms with Gasteiger partial charge in [-0.25, -0.2) is 4.79 Å². The number of nitrogens with zero attached hydrogens (tertiary/aromatic N) is 1. The van der Waals surface area contributed by atoms with Gasteiger partial charge < -0.3 is 14.6 Å². The highest BCUT2D eigenvalue weighted by Gasteiger charge is 2.21. The lowest BCUT2D eigenvalue weighted by atomic mass is 10.1. The van der Waals surface area contributed by atoms with Crippen LogP contribution in [0.3, 0.4) is 0 Å². The van der Waals surface area contributed by atoms with Crippen LogP contribution >= 0.6 is 0 Å². The molecule has 0 atom stereocenters. The second-order valence-corrected chi connectivity index (χ2v) is 5.73. The van der Waals surface area contributed by atoms with Crippen LogP contribution in [0, 0.1) is 0 Å². The molecule has 0 fully saturated rings. The monoisotopic (exact) mass is 314 g/mol. The Morgan fingerprint density at radius 3 is 2.96 bits per heavy atom. The molecule has 5 nitrogen and oxygen atoms in total. The number of hydrogen-bond acceptors (Lipinski definition) is 4. The first kappa shape index (κ1) is 15.6. The SMILES string of the molecule is O=C(NCCCCc1ccccc1)ON1CCc2ccoc2C1. The molecule has 0 radical (unpaired) electrons. The Kier molecular flexibility index (Phi) is 5.32. The van der Waals surface area contributed by atoms with Gasteiger partial charge in [-0.2, -0.15) is 0 Å². The zero-order valence-electron chi connectivity index (χ0n) is 13.2. The van der Waals surface area contributed by atoms with Gasteiger partial charge in [-0.1, -0.05) is 30.3 Å². The number of benzene rings is 1. The fourth-order valence-corrected chi connectivity index (χ4v) is 2.73. The molecule has 23 heavy (non-hydrogen) atoms. The largest absolute Gasteiger partial charge is 0.468 e. The molecule has 0 saturated heterocycles. The Labute approximate surface area is 136 Å². The lowest BCUT2D eigenvalue weighted by Gasteiger charge is -2.24. The molecule has 1 aliphatic rings. The number of amides is 1. The number of unbranched alkanes of at least 4 members (excludes halogenated alkanes) is 1. The number of rotatable bonds is 6. The van der Waals surface area contributed by atoms with Crippen LogP contribution in [0.5, 0.6) is 0 Å². The summed E-state index contributed by atoms with van der Waals surface area (Å²) in [4.78, 5) is 17.1. The predicted molar refractivity (Wildman–Crippen MR) is 86.7 cm³/mol. The highest BCUT2D eigenvalue weighted by Crippen LogP contribution is 2.19. The second-order valence-electron chi connectivity index (χ2n) is 5.73. The molecule has 3 rings (SSSR count). The summed E-state index contributed by atoms with van der Waals surface area (Å²) in [5, 5.41) is 4.44. The van der Waals surface area contributed by atoms with Gasteiger partial charge in [-0.05, 0) is 42.9 Å². The maximum atomic E-state index is 11.8. The summed E-state index contributed by atoms with van der Waals surface area (Å²) < 4.78 is 5.37. The van der Waals surface area contributed by atoms with Crippen molar-refractivity contribution in [1.29, 1.82) is 0 Å². The lowest BCUT2D eigenvalue weighted by Crippen LogP contribution is -2.37. The number of carbonyl (C=O) groups excluding carboxylic acids is 1. The summed E-state index contributed by atoms with van der Waals surface area (Å²) in [6.07, 6.45) is 5.15. The van der Waals surface area contributed by atoms with Gasteiger partial charge in [0.05, 0.1) is 12.8 Å². The van der Waals surface area contributed by atoms with E-state index in [1.807, 2.05) is 24.3 Å². The number of carbonyl (C=O) groups is 1. The van der Waals surface area contributed by atoms with E-state index >= 15 is 0 Å². The molecule has 1 amide bonds. The van der Waals surface area contributed by atoms with Gasteiger partial charge in [0.15, 0.2) is 0 Å². The Hall–Kier alpha value is -2.27. The molecule has 2 aromatic rings. The summed E-state index contributed by atoms with van der Waals surface area (Å²) in [5.74, 6) is 0.881. The smallest absolute Gasteiger partial charge is 0.426 e. The van der Waals surface area contributed by atoms with Crippen molar-refractivity contribution in [2.24, 2.45) is 0 Å². The minimum absolute atomic E-state index is 0.389. The van der Waals surface area contributed by atoms with E-state index in [1.165, 1.54) is 11.1 Å². The van der Waals surface area contributed by atoms with Crippen LogP contribution in [0.25, 0.3) is 0 Å². The molecular weight excluding hydrogens is 292 g/mol. The van der Waals surface area contributed by atoms with E-state index in [0.29, 0.717) is 19.6 Å². The molecule has 2 heterocycles. The van der Waals surface area contributed by atoms with Crippen molar-refractivity contribution < 1.29 is 14.0 Å². The van der Waals surface area contributed by atoms with E-state index < -0.39 is 0 Å². The second kappa shape index (κ2) is 7.83. The molecule has 1 N–H and O–H groups in total. The first-order chi connectivity index (χ1) is 11.3. The lowest BCUT2D eigenvalue weighted by molar-refractivity contribution is -0.114. The van der Waals surface area contributed by atoms with Crippen molar-refractivity contribution in [2.75, 3.05) is 13.1 Å².